The molecule has 38 heavy (non-hydrogen) atoms. The Balaban J connectivity index is 1.87. The lowest BCUT2D eigenvalue weighted by Crippen LogP contribution is -2.49. The third kappa shape index (κ3) is 6.92. The fraction of sp³-hybridized carbons (Fsp3) is 0.481. The van der Waals surface area contributed by atoms with E-state index in [4.69, 9.17) is 25.7 Å². The molecule has 11 heteroatoms. The molecular formula is C27H38ClN5O4Si. The molecule has 0 saturated heterocycles. The first-order valence-corrected chi connectivity index (χ1v) is 15.9. The average Bonchev–Trinajstić information content (AvgIpc) is 3.32. The van der Waals surface area contributed by atoms with Gasteiger partial charge in [-0.05, 0) is 50.2 Å². The molecular weight excluding hydrogens is 522 g/mol. The fourth-order valence-corrected chi connectivity index (χ4v) is 5.17. The van der Waals surface area contributed by atoms with Crippen LogP contribution in [0.25, 0.3) is 22.8 Å². The smallest absolute Gasteiger partial charge is 0.407 e. The van der Waals surface area contributed by atoms with E-state index >= 15 is 0 Å². The molecule has 2 heterocycles. The number of amides is 1. The molecule has 2 aromatic heterocycles. The van der Waals surface area contributed by atoms with Crippen LogP contribution in [0.1, 0.15) is 33.3 Å². The molecule has 0 unspecified atom stereocenters. The van der Waals surface area contributed by atoms with Crippen LogP contribution in [-0.4, -0.2) is 70.5 Å². The number of aromatic nitrogens is 4. The second-order valence-corrected chi connectivity index (χ2v) is 16.0. The third-order valence-electron chi connectivity index (χ3n) is 6.94. The van der Waals surface area contributed by atoms with Crippen molar-refractivity contribution < 1.29 is 19.1 Å². The Morgan fingerprint density at radius 2 is 1.95 bits per heavy atom. The predicted octanol–water partition coefficient (Wildman–Crippen LogP) is 6.37. The number of hydrogen-bond donors (Lipinski definition) is 1. The molecule has 0 aliphatic heterocycles. The van der Waals surface area contributed by atoms with Gasteiger partial charge in [0.15, 0.2) is 14.1 Å². The third-order valence-corrected chi connectivity index (χ3v) is 11.8. The highest BCUT2D eigenvalue weighted by Gasteiger charge is 2.39. The zero-order chi connectivity index (χ0) is 28.3. The topological polar surface area (TPSA) is 103 Å². The van der Waals surface area contributed by atoms with Crippen LogP contribution in [0, 0.1) is 6.92 Å². The van der Waals surface area contributed by atoms with Gasteiger partial charge in [-0.25, -0.2) is 14.8 Å². The maximum Gasteiger partial charge on any atom is 0.407 e. The lowest BCUT2D eigenvalue weighted by molar-refractivity contribution is 0.0794. The highest BCUT2D eigenvalue weighted by molar-refractivity contribution is 6.74. The summed E-state index contributed by atoms with van der Waals surface area (Å²) < 4.78 is 14.5. The normalized spacial score (nSPS) is 12.9. The molecule has 3 aromatic rings. The molecule has 3 rings (SSSR count). The van der Waals surface area contributed by atoms with Crippen molar-refractivity contribution in [2.75, 3.05) is 20.2 Å². The van der Waals surface area contributed by atoms with Crippen LogP contribution in [0.4, 0.5) is 4.79 Å². The largest absolute Gasteiger partial charge is 0.491 e. The molecule has 1 amide bonds. The van der Waals surface area contributed by atoms with Crippen LogP contribution in [0.15, 0.2) is 36.5 Å². The molecule has 9 nitrogen and oxygen atoms in total. The Morgan fingerprint density at radius 1 is 1.24 bits per heavy atom. The molecule has 0 fully saturated rings. The highest BCUT2D eigenvalue weighted by Crippen LogP contribution is 2.37. The van der Waals surface area contributed by atoms with Crippen molar-refractivity contribution in [2.45, 2.75) is 65.4 Å². The van der Waals surface area contributed by atoms with Crippen molar-refractivity contribution in [3.05, 3.63) is 47.2 Å². The van der Waals surface area contributed by atoms with Crippen molar-refractivity contribution >= 4 is 26.0 Å². The van der Waals surface area contributed by atoms with Gasteiger partial charge in [0.2, 0.25) is 0 Å². The first-order valence-electron chi connectivity index (χ1n) is 12.6. The van der Waals surface area contributed by atoms with E-state index < -0.39 is 20.5 Å². The summed E-state index contributed by atoms with van der Waals surface area (Å²) in [4.78, 5) is 22.1. The summed E-state index contributed by atoms with van der Waals surface area (Å²) in [6.07, 6.45) is 0.308. The number of carbonyl (C=O) groups is 1. The Kier molecular flexibility index (Phi) is 9.22. The van der Waals surface area contributed by atoms with E-state index in [1.165, 1.54) is 11.9 Å². The minimum atomic E-state index is -2.17. The van der Waals surface area contributed by atoms with E-state index in [2.05, 4.69) is 43.9 Å². The van der Waals surface area contributed by atoms with Crippen molar-refractivity contribution in [1.82, 2.24) is 24.6 Å². The van der Waals surface area contributed by atoms with Gasteiger partial charge in [0.1, 0.15) is 17.5 Å². The molecule has 1 atom stereocenters. The SMILES string of the molecule is CCn1nccc1-c1nc(-c2cccc(OC[C@@H](CN(C)C(=O)O)O[Si](C)(C)C(C)(C)C)c2)nc(Cl)c1C. The minimum Gasteiger partial charge on any atom is -0.491 e. The van der Waals surface area contributed by atoms with E-state index in [1.54, 1.807) is 6.20 Å². The maximum atomic E-state index is 11.5. The predicted molar refractivity (Wildman–Crippen MR) is 152 cm³/mol. The lowest BCUT2D eigenvalue weighted by Gasteiger charge is -2.39. The molecule has 206 valence electrons. The standard InChI is InChI=1S/C27H38ClN5O4Si/c1-9-33-22(13-14-29-33)23-18(2)24(28)31-25(30-23)19-11-10-12-20(15-19)36-17-21(16-32(6)26(34)35)37-38(7,8)27(3,4)5/h10-15,21H,9,16-17H2,1-8H3,(H,34,35)/t21-/m1/s1. The van der Waals surface area contributed by atoms with Gasteiger partial charge >= 0.3 is 6.09 Å². The Bertz CT molecular complexity index is 1270. The lowest BCUT2D eigenvalue weighted by atomic mass is 10.1. The van der Waals surface area contributed by atoms with Crippen LogP contribution in [0.5, 0.6) is 5.75 Å². The number of nitrogens with zero attached hydrogens (tertiary/aromatic N) is 5. The summed E-state index contributed by atoms with van der Waals surface area (Å²) in [5.74, 6) is 1.08. The van der Waals surface area contributed by atoms with Gasteiger partial charge in [0.05, 0.1) is 24.0 Å². The van der Waals surface area contributed by atoms with E-state index in [0.29, 0.717) is 23.3 Å². The van der Waals surface area contributed by atoms with Crippen LogP contribution in [0.3, 0.4) is 0 Å². The van der Waals surface area contributed by atoms with E-state index in [-0.39, 0.29) is 18.2 Å². The Labute approximate surface area is 230 Å². The highest BCUT2D eigenvalue weighted by atomic mass is 35.5. The molecule has 1 aromatic carbocycles. The Morgan fingerprint density at radius 3 is 2.58 bits per heavy atom. The maximum absolute atomic E-state index is 11.5. The van der Waals surface area contributed by atoms with Gasteiger partial charge in [0.25, 0.3) is 0 Å². The number of carboxylic acid groups (broad SMARTS) is 1. The zero-order valence-corrected chi connectivity index (χ0v) is 25.2. The van der Waals surface area contributed by atoms with Gasteiger partial charge in [-0.15, -0.1) is 0 Å². The van der Waals surface area contributed by atoms with Crippen molar-refractivity contribution in [2.24, 2.45) is 0 Å². The second kappa shape index (κ2) is 11.8. The number of rotatable bonds is 10. The number of aryl methyl sites for hydroxylation is 1. The monoisotopic (exact) mass is 559 g/mol. The molecule has 1 N–H and O–H groups in total. The van der Waals surface area contributed by atoms with Crippen LogP contribution < -0.4 is 4.74 Å². The van der Waals surface area contributed by atoms with Crippen molar-refractivity contribution in [3.63, 3.8) is 0 Å². The number of hydrogen-bond acceptors (Lipinski definition) is 6. The van der Waals surface area contributed by atoms with E-state index in [1.807, 2.05) is 48.9 Å². The van der Waals surface area contributed by atoms with Gasteiger partial charge in [0, 0.05) is 30.9 Å². The van der Waals surface area contributed by atoms with E-state index in [9.17, 15) is 9.90 Å². The summed E-state index contributed by atoms with van der Waals surface area (Å²) in [6, 6.07) is 9.37. The second-order valence-electron chi connectivity index (χ2n) is 10.8. The summed E-state index contributed by atoms with van der Waals surface area (Å²) in [5.41, 5.74) is 3.13. The fourth-order valence-electron chi connectivity index (χ4n) is 3.67. The molecule has 0 spiro atoms. The van der Waals surface area contributed by atoms with Gasteiger partial charge in [-0.3, -0.25) is 4.68 Å². The summed E-state index contributed by atoms with van der Waals surface area (Å²) in [6.45, 7) is 15.7. The summed E-state index contributed by atoms with van der Waals surface area (Å²) in [5, 5.41) is 14.1. The summed E-state index contributed by atoms with van der Waals surface area (Å²) in [7, 11) is -0.632. The number of halogens is 1. The quantitative estimate of drug-likeness (QED) is 0.227. The van der Waals surface area contributed by atoms with Crippen LogP contribution >= 0.6 is 11.6 Å². The van der Waals surface area contributed by atoms with Crippen molar-refractivity contribution in [1.29, 1.82) is 0 Å². The van der Waals surface area contributed by atoms with Crippen LogP contribution in [-0.2, 0) is 11.0 Å². The summed E-state index contributed by atoms with van der Waals surface area (Å²) >= 11 is 6.52. The number of benzene rings is 1. The molecule has 0 bridgehead atoms. The first-order chi connectivity index (χ1) is 17.7. The van der Waals surface area contributed by atoms with Crippen molar-refractivity contribution in [3.8, 4) is 28.5 Å². The van der Waals surface area contributed by atoms with Gasteiger partial charge in [-0.1, -0.05) is 44.5 Å². The number of likely N-dealkylation sites (N-methyl/N-ethyl adjacent to an activating group) is 1. The first kappa shape index (κ1) is 29.6. The van der Waals surface area contributed by atoms with Crippen LogP contribution in [0.2, 0.25) is 23.3 Å². The Hall–Kier alpha value is -2.95. The molecule has 0 aliphatic carbocycles. The average molecular weight is 560 g/mol. The molecule has 0 radical (unpaired) electrons. The van der Waals surface area contributed by atoms with E-state index in [0.717, 1.165) is 22.5 Å². The minimum absolute atomic E-state index is 0.0279. The molecule has 0 aliphatic rings. The zero-order valence-electron chi connectivity index (χ0n) is 23.4. The molecule has 0 saturated carbocycles. The number of ether oxygens (including phenoxy) is 1. The van der Waals surface area contributed by atoms with Gasteiger partial charge in [-0.2, -0.15) is 5.10 Å². The van der Waals surface area contributed by atoms with Gasteiger partial charge < -0.3 is 19.2 Å².